The van der Waals surface area contributed by atoms with Crippen LogP contribution in [0.15, 0.2) is 15.9 Å². The van der Waals surface area contributed by atoms with Gasteiger partial charge in [0.15, 0.2) is 0 Å². The van der Waals surface area contributed by atoms with Crippen molar-refractivity contribution in [2.45, 2.75) is 25.8 Å². The van der Waals surface area contributed by atoms with Crippen LogP contribution >= 0.6 is 27.3 Å². The first kappa shape index (κ1) is 15.3. The van der Waals surface area contributed by atoms with Crippen LogP contribution in [0.3, 0.4) is 0 Å². The summed E-state index contributed by atoms with van der Waals surface area (Å²) >= 11 is 4.95. The van der Waals surface area contributed by atoms with Crippen LogP contribution in [0.25, 0.3) is 0 Å². The molecule has 0 aromatic carbocycles. The average molecular weight is 361 g/mol. The minimum absolute atomic E-state index is 0.208. The van der Waals surface area contributed by atoms with Crippen molar-refractivity contribution in [3.63, 3.8) is 0 Å². The summed E-state index contributed by atoms with van der Waals surface area (Å²) in [7, 11) is 1.71. The third-order valence-corrected chi connectivity index (χ3v) is 5.39. The van der Waals surface area contributed by atoms with Crippen molar-refractivity contribution in [2.75, 3.05) is 13.6 Å². The maximum Gasteiger partial charge on any atom is 0.317 e. The molecule has 2 N–H and O–H groups in total. The smallest absolute Gasteiger partial charge is 0.317 e. The number of halogens is 1. The van der Waals surface area contributed by atoms with Crippen molar-refractivity contribution in [1.82, 2.24) is 10.2 Å². The van der Waals surface area contributed by atoms with E-state index in [-0.39, 0.29) is 12.6 Å². The molecule has 110 valence electrons. The number of aliphatic carboxylic acids is 1. The topological polar surface area (TPSA) is 69.6 Å². The van der Waals surface area contributed by atoms with E-state index in [1.807, 2.05) is 11.4 Å². The van der Waals surface area contributed by atoms with Crippen LogP contribution in [0.1, 0.15) is 24.1 Å². The Hall–Kier alpha value is -1.08. The highest BCUT2D eigenvalue weighted by Crippen LogP contribution is 2.40. The average Bonchev–Trinajstić information content (AvgIpc) is 2.72. The predicted molar refractivity (Wildman–Crippen MR) is 80.8 cm³/mol. The molecule has 0 radical (unpaired) electrons. The number of carbonyl (C=O) groups is 2. The molecule has 0 spiro atoms. The van der Waals surface area contributed by atoms with Gasteiger partial charge in [0.1, 0.15) is 0 Å². The second-order valence-electron chi connectivity index (χ2n) is 5.19. The van der Waals surface area contributed by atoms with Crippen molar-refractivity contribution in [2.24, 2.45) is 5.41 Å². The summed E-state index contributed by atoms with van der Waals surface area (Å²) in [5.74, 6) is -0.811. The standard InChI is InChI=1S/C13H17BrN2O3S/c1-16(6-10-5-9(14)7-20-10)12(19)15-8-13(11(17)18)3-2-4-13/h5,7H,2-4,6,8H2,1H3,(H,15,19)(H,17,18). The number of carboxylic acids is 1. The van der Waals surface area contributed by atoms with E-state index in [0.29, 0.717) is 19.4 Å². The Kier molecular flexibility index (Phi) is 4.70. The van der Waals surface area contributed by atoms with Gasteiger partial charge in [-0.2, -0.15) is 0 Å². The fourth-order valence-electron chi connectivity index (χ4n) is 2.19. The van der Waals surface area contributed by atoms with E-state index in [1.165, 1.54) is 0 Å². The van der Waals surface area contributed by atoms with Gasteiger partial charge in [0.25, 0.3) is 0 Å². The van der Waals surface area contributed by atoms with Gasteiger partial charge in [-0.25, -0.2) is 4.79 Å². The highest BCUT2D eigenvalue weighted by atomic mass is 79.9. The third kappa shape index (κ3) is 3.32. The largest absolute Gasteiger partial charge is 0.481 e. The lowest BCUT2D eigenvalue weighted by Crippen LogP contribution is -2.49. The van der Waals surface area contributed by atoms with Crippen LogP contribution in [0.4, 0.5) is 4.79 Å². The summed E-state index contributed by atoms with van der Waals surface area (Å²) in [6.07, 6.45) is 2.20. The summed E-state index contributed by atoms with van der Waals surface area (Å²) in [6.45, 7) is 0.724. The number of nitrogens with one attached hydrogen (secondary N) is 1. The van der Waals surface area contributed by atoms with E-state index < -0.39 is 11.4 Å². The number of amides is 2. The Bertz CT molecular complexity index is 513. The maximum absolute atomic E-state index is 12.0. The molecule has 0 atom stereocenters. The SMILES string of the molecule is CN(Cc1cc(Br)cs1)C(=O)NCC1(C(=O)O)CCC1. The Morgan fingerprint density at radius 2 is 2.25 bits per heavy atom. The molecule has 1 fully saturated rings. The van der Waals surface area contributed by atoms with Gasteiger partial charge in [0.05, 0.1) is 12.0 Å². The van der Waals surface area contributed by atoms with Gasteiger partial charge in [-0.3, -0.25) is 4.79 Å². The van der Waals surface area contributed by atoms with E-state index in [4.69, 9.17) is 0 Å². The monoisotopic (exact) mass is 360 g/mol. The lowest BCUT2D eigenvalue weighted by atomic mass is 9.69. The number of thiophene rings is 1. The molecule has 20 heavy (non-hydrogen) atoms. The highest BCUT2D eigenvalue weighted by molar-refractivity contribution is 9.10. The molecule has 5 nitrogen and oxygen atoms in total. The van der Waals surface area contributed by atoms with E-state index >= 15 is 0 Å². The molecular weight excluding hydrogens is 344 g/mol. The lowest BCUT2D eigenvalue weighted by Gasteiger charge is -2.37. The molecule has 2 rings (SSSR count). The maximum atomic E-state index is 12.0. The summed E-state index contributed by atoms with van der Waals surface area (Å²) in [4.78, 5) is 25.8. The first-order chi connectivity index (χ1) is 9.43. The molecular formula is C13H17BrN2O3S. The van der Waals surface area contributed by atoms with Crippen molar-refractivity contribution in [1.29, 1.82) is 0 Å². The Morgan fingerprint density at radius 3 is 2.70 bits per heavy atom. The first-order valence-electron chi connectivity index (χ1n) is 6.38. The second kappa shape index (κ2) is 6.13. The lowest BCUT2D eigenvalue weighted by molar-refractivity contribution is -0.153. The molecule has 0 unspecified atom stereocenters. The molecule has 0 saturated heterocycles. The van der Waals surface area contributed by atoms with E-state index in [9.17, 15) is 14.7 Å². The number of urea groups is 1. The van der Waals surface area contributed by atoms with Gasteiger partial charge in [-0.05, 0) is 34.8 Å². The van der Waals surface area contributed by atoms with Gasteiger partial charge in [-0.15, -0.1) is 11.3 Å². The van der Waals surface area contributed by atoms with Gasteiger partial charge in [0.2, 0.25) is 0 Å². The molecule has 0 bridgehead atoms. The van der Waals surface area contributed by atoms with Gasteiger partial charge >= 0.3 is 12.0 Å². The summed E-state index contributed by atoms with van der Waals surface area (Å²) in [5, 5.41) is 13.9. The number of carbonyl (C=O) groups excluding carboxylic acids is 1. The normalized spacial score (nSPS) is 16.3. The zero-order chi connectivity index (χ0) is 14.8. The Morgan fingerprint density at radius 1 is 1.55 bits per heavy atom. The zero-order valence-corrected chi connectivity index (χ0v) is 13.6. The van der Waals surface area contributed by atoms with Crippen LogP contribution in [0.2, 0.25) is 0 Å². The Balaban J connectivity index is 1.83. The van der Waals surface area contributed by atoms with Crippen LogP contribution in [0, 0.1) is 5.41 Å². The highest BCUT2D eigenvalue weighted by Gasteiger charge is 2.44. The summed E-state index contributed by atoms with van der Waals surface area (Å²) in [6, 6.07) is 1.74. The molecule has 0 aliphatic heterocycles. The molecule has 1 aliphatic carbocycles. The third-order valence-electron chi connectivity index (χ3n) is 3.70. The van der Waals surface area contributed by atoms with E-state index in [2.05, 4.69) is 21.2 Å². The quantitative estimate of drug-likeness (QED) is 0.847. The summed E-state index contributed by atoms with van der Waals surface area (Å²) in [5.41, 5.74) is -0.748. The Labute approximate surface area is 130 Å². The number of nitrogens with zero attached hydrogens (tertiary/aromatic N) is 1. The van der Waals surface area contributed by atoms with Gasteiger partial charge in [-0.1, -0.05) is 6.42 Å². The van der Waals surface area contributed by atoms with E-state index in [1.54, 1.807) is 23.3 Å². The predicted octanol–water partition coefficient (Wildman–Crippen LogP) is 2.91. The molecule has 7 heteroatoms. The zero-order valence-electron chi connectivity index (χ0n) is 11.2. The van der Waals surface area contributed by atoms with Crippen LogP contribution in [0.5, 0.6) is 0 Å². The molecule has 1 saturated carbocycles. The number of hydrogen-bond donors (Lipinski definition) is 2. The molecule has 1 heterocycles. The fourth-order valence-corrected chi connectivity index (χ4v) is 3.70. The first-order valence-corrected chi connectivity index (χ1v) is 8.05. The number of rotatable bonds is 5. The van der Waals surface area contributed by atoms with E-state index in [0.717, 1.165) is 15.8 Å². The fraction of sp³-hybridized carbons (Fsp3) is 0.538. The molecule has 1 aromatic rings. The molecule has 1 aliphatic rings. The van der Waals surface area contributed by atoms with Crippen molar-refractivity contribution in [3.05, 3.63) is 20.8 Å². The van der Waals surface area contributed by atoms with Crippen LogP contribution in [-0.4, -0.2) is 35.6 Å². The number of carboxylic acid groups (broad SMARTS) is 1. The molecule has 2 amide bonds. The van der Waals surface area contributed by atoms with Crippen molar-refractivity contribution >= 4 is 39.3 Å². The molecule has 1 aromatic heterocycles. The van der Waals surface area contributed by atoms with Crippen LogP contribution < -0.4 is 5.32 Å². The van der Waals surface area contributed by atoms with Gasteiger partial charge in [0, 0.05) is 28.3 Å². The minimum atomic E-state index is -0.811. The van der Waals surface area contributed by atoms with Gasteiger partial charge < -0.3 is 15.3 Å². The van der Waals surface area contributed by atoms with Crippen molar-refractivity contribution < 1.29 is 14.7 Å². The minimum Gasteiger partial charge on any atom is -0.481 e. The van der Waals surface area contributed by atoms with Crippen LogP contribution in [-0.2, 0) is 11.3 Å². The number of hydrogen-bond acceptors (Lipinski definition) is 3. The summed E-state index contributed by atoms with van der Waals surface area (Å²) < 4.78 is 1.01. The second-order valence-corrected chi connectivity index (χ2v) is 7.10. The van der Waals surface area contributed by atoms with Crippen molar-refractivity contribution in [3.8, 4) is 0 Å².